The lowest BCUT2D eigenvalue weighted by molar-refractivity contribution is -0.171. The Bertz CT molecular complexity index is 731. The fraction of sp³-hybridized carbons (Fsp3) is 0.667. The van der Waals surface area contributed by atoms with Crippen LogP contribution in [0.25, 0.3) is 0 Å². The lowest BCUT2D eigenvalue weighted by Gasteiger charge is -2.63. The first kappa shape index (κ1) is 23.5. The van der Waals surface area contributed by atoms with Crippen molar-refractivity contribution in [2.75, 3.05) is 19.7 Å². The Morgan fingerprint density at radius 1 is 1.33 bits per heavy atom. The van der Waals surface area contributed by atoms with E-state index in [1.165, 1.54) is 31.4 Å². The Morgan fingerprint density at radius 3 is 2.67 bits per heavy atom. The first-order valence-electron chi connectivity index (χ1n) is 10.4. The Morgan fingerprint density at radius 2 is 2.07 bits per heavy atom. The molecule has 4 atom stereocenters. The summed E-state index contributed by atoms with van der Waals surface area (Å²) in [6.07, 6.45) is 4.28. The fourth-order valence-corrected chi connectivity index (χ4v) is 5.08. The lowest BCUT2D eigenvalue weighted by Crippen LogP contribution is -2.72. The molecule has 1 heterocycles. The molecule has 2 aliphatic carbocycles. The summed E-state index contributed by atoms with van der Waals surface area (Å²) in [5.41, 5.74) is 0.853. The molecule has 6 nitrogen and oxygen atoms in total. The Hall–Kier alpha value is -1.20. The minimum atomic E-state index is -2.86. The van der Waals surface area contributed by atoms with Gasteiger partial charge in [-0.1, -0.05) is 18.6 Å². The van der Waals surface area contributed by atoms with Gasteiger partial charge in [0.1, 0.15) is 5.75 Å². The highest BCUT2D eigenvalue weighted by Crippen LogP contribution is 2.62. The van der Waals surface area contributed by atoms with Gasteiger partial charge in [-0.05, 0) is 43.9 Å². The molecular formula is C21H30F2IN3O3. The minimum Gasteiger partial charge on any atom is -0.435 e. The average Bonchev–Trinajstić information content (AvgIpc) is 3.07. The maximum absolute atomic E-state index is 12.3. The monoisotopic (exact) mass is 537 g/mol. The molecule has 0 aromatic heterocycles. The molecule has 3 aliphatic rings. The van der Waals surface area contributed by atoms with Crippen molar-refractivity contribution in [1.29, 1.82) is 0 Å². The number of alkyl halides is 2. The van der Waals surface area contributed by atoms with Crippen molar-refractivity contribution in [2.24, 2.45) is 16.3 Å². The first-order chi connectivity index (χ1) is 14.0. The number of ether oxygens (including phenoxy) is 2. The van der Waals surface area contributed by atoms with Gasteiger partial charge in [-0.3, -0.25) is 4.99 Å². The Kier molecular flexibility index (Phi) is 7.78. The molecule has 1 spiro atoms. The molecule has 1 aromatic rings. The van der Waals surface area contributed by atoms with Crippen LogP contribution in [0.1, 0.15) is 44.3 Å². The summed E-state index contributed by atoms with van der Waals surface area (Å²) < 4.78 is 34.8. The van der Waals surface area contributed by atoms with E-state index in [0.717, 1.165) is 19.6 Å². The lowest BCUT2D eigenvalue weighted by atomic mass is 9.46. The van der Waals surface area contributed by atoms with Gasteiger partial charge in [-0.25, -0.2) is 0 Å². The molecule has 1 aliphatic heterocycles. The molecule has 0 amide bonds. The number of hydrogen-bond acceptors (Lipinski definition) is 4. The van der Waals surface area contributed by atoms with E-state index in [1.807, 2.05) is 6.92 Å². The molecule has 4 unspecified atom stereocenters. The van der Waals surface area contributed by atoms with Gasteiger partial charge in [-0.15, -0.1) is 24.0 Å². The maximum atomic E-state index is 12.3. The molecule has 168 valence electrons. The number of rotatable bonds is 7. The number of guanidine groups is 1. The van der Waals surface area contributed by atoms with Crippen molar-refractivity contribution in [1.82, 2.24) is 10.6 Å². The number of benzene rings is 1. The Balaban J connectivity index is 0.00000256. The second-order valence-electron chi connectivity index (χ2n) is 8.14. The number of hydrogen-bond donors (Lipinski definition) is 3. The summed E-state index contributed by atoms with van der Waals surface area (Å²) in [7, 11) is 0. The van der Waals surface area contributed by atoms with E-state index in [-0.39, 0.29) is 41.7 Å². The second kappa shape index (κ2) is 9.95. The molecule has 30 heavy (non-hydrogen) atoms. The molecule has 3 N–H and O–H groups in total. The maximum Gasteiger partial charge on any atom is 0.387 e. The van der Waals surface area contributed by atoms with Crippen LogP contribution < -0.4 is 15.4 Å². The summed E-state index contributed by atoms with van der Waals surface area (Å²) >= 11 is 0. The van der Waals surface area contributed by atoms with E-state index in [2.05, 4.69) is 20.4 Å². The van der Waals surface area contributed by atoms with Crippen molar-refractivity contribution >= 4 is 29.9 Å². The zero-order valence-electron chi connectivity index (χ0n) is 17.0. The summed E-state index contributed by atoms with van der Waals surface area (Å²) in [5.74, 6) is 1.30. The minimum absolute atomic E-state index is 0. The third-order valence-electron chi connectivity index (χ3n) is 6.58. The van der Waals surface area contributed by atoms with Crippen molar-refractivity contribution in [2.45, 2.75) is 57.5 Å². The number of nitrogens with zero attached hydrogens (tertiary/aromatic N) is 1. The van der Waals surface area contributed by atoms with Gasteiger partial charge < -0.3 is 25.2 Å². The van der Waals surface area contributed by atoms with E-state index in [1.54, 1.807) is 12.1 Å². The van der Waals surface area contributed by atoms with Crippen LogP contribution in [-0.4, -0.2) is 49.5 Å². The predicted molar refractivity (Wildman–Crippen MR) is 120 cm³/mol. The molecule has 4 rings (SSSR count). The van der Waals surface area contributed by atoms with Gasteiger partial charge in [0, 0.05) is 30.5 Å². The van der Waals surface area contributed by atoms with E-state index >= 15 is 0 Å². The fourth-order valence-electron chi connectivity index (χ4n) is 5.08. The summed E-state index contributed by atoms with van der Waals surface area (Å²) in [5, 5.41) is 17.3. The number of aliphatic hydroxyl groups excluding tert-OH is 1. The van der Waals surface area contributed by atoms with Crippen LogP contribution in [0.15, 0.2) is 29.3 Å². The van der Waals surface area contributed by atoms with Crippen molar-refractivity contribution in [3.8, 4) is 5.75 Å². The predicted octanol–water partition coefficient (Wildman–Crippen LogP) is 3.45. The zero-order chi connectivity index (χ0) is 20.4. The molecule has 0 radical (unpaired) electrons. The number of nitrogens with one attached hydrogen (secondary N) is 2. The quantitative estimate of drug-likeness (QED) is 0.283. The average molecular weight is 537 g/mol. The molecular weight excluding hydrogens is 507 g/mol. The molecule has 3 fully saturated rings. The molecule has 0 bridgehead atoms. The Labute approximate surface area is 192 Å². The highest BCUT2D eigenvalue weighted by Gasteiger charge is 2.66. The van der Waals surface area contributed by atoms with Gasteiger partial charge in [-0.2, -0.15) is 8.78 Å². The topological polar surface area (TPSA) is 75.1 Å². The van der Waals surface area contributed by atoms with Crippen molar-refractivity contribution < 1.29 is 23.4 Å². The van der Waals surface area contributed by atoms with Gasteiger partial charge in [0.15, 0.2) is 5.96 Å². The van der Waals surface area contributed by atoms with Crippen LogP contribution in [0.5, 0.6) is 5.75 Å². The van der Waals surface area contributed by atoms with Gasteiger partial charge >= 0.3 is 6.61 Å². The van der Waals surface area contributed by atoms with E-state index in [9.17, 15) is 13.9 Å². The third kappa shape index (κ3) is 4.52. The highest BCUT2D eigenvalue weighted by molar-refractivity contribution is 14.0. The normalized spacial score (nSPS) is 27.5. The molecule has 9 heteroatoms. The van der Waals surface area contributed by atoms with Crippen molar-refractivity contribution in [3.05, 3.63) is 29.8 Å². The summed E-state index contributed by atoms with van der Waals surface area (Å²) in [4.78, 5) is 4.57. The smallest absolute Gasteiger partial charge is 0.387 e. The number of aliphatic hydroxyl groups is 1. The first-order valence-corrected chi connectivity index (χ1v) is 10.4. The van der Waals surface area contributed by atoms with Gasteiger partial charge in [0.05, 0.1) is 18.8 Å². The van der Waals surface area contributed by atoms with E-state index in [0.29, 0.717) is 29.6 Å². The largest absolute Gasteiger partial charge is 0.435 e. The van der Waals surface area contributed by atoms with Crippen LogP contribution in [0, 0.1) is 11.3 Å². The second-order valence-corrected chi connectivity index (χ2v) is 8.14. The van der Waals surface area contributed by atoms with Gasteiger partial charge in [0.25, 0.3) is 0 Å². The van der Waals surface area contributed by atoms with Gasteiger partial charge in [0.2, 0.25) is 0 Å². The summed E-state index contributed by atoms with van der Waals surface area (Å²) in [6, 6.07) is 6.37. The van der Waals surface area contributed by atoms with E-state index < -0.39 is 12.7 Å². The molecule has 1 saturated heterocycles. The van der Waals surface area contributed by atoms with Crippen LogP contribution in [0.3, 0.4) is 0 Å². The van der Waals surface area contributed by atoms with Crippen LogP contribution in [-0.2, 0) is 4.74 Å². The SMILES string of the molecule is CCNC(=NCC(O)c1ccc(OC(F)F)cc1)NC1C2CCOC2C12CCC2.I. The number of halogens is 3. The van der Waals surface area contributed by atoms with E-state index in [4.69, 9.17) is 4.74 Å². The standard InChI is InChI=1S/C21H29F2N3O3.HI/c1-2-24-20(26-17-15-8-11-28-18(15)21(17)9-3-10-21)25-12-16(27)13-4-6-14(7-5-13)29-19(22)23;/h4-7,15-19,27H,2-3,8-12H2,1H3,(H2,24,25,26);1H. The van der Waals surface area contributed by atoms with Crippen LogP contribution >= 0.6 is 24.0 Å². The highest BCUT2D eigenvalue weighted by atomic mass is 127. The molecule has 2 saturated carbocycles. The summed E-state index contributed by atoms with van der Waals surface area (Å²) in [6.45, 7) is 0.893. The number of aliphatic imine (C=N–C) groups is 1. The number of fused-ring (bicyclic) bond motifs is 2. The van der Waals surface area contributed by atoms with Crippen LogP contribution in [0.2, 0.25) is 0 Å². The van der Waals surface area contributed by atoms with Crippen molar-refractivity contribution in [3.63, 3.8) is 0 Å². The zero-order valence-corrected chi connectivity index (χ0v) is 19.4. The third-order valence-corrected chi connectivity index (χ3v) is 6.58. The van der Waals surface area contributed by atoms with Crippen LogP contribution in [0.4, 0.5) is 8.78 Å². The molecule has 1 aromatic carbocycles.